The summed E-state index contributed by atoms with van der Waals surface area (Å²) in [6, 6.07) is 5.40. The number of hydrogen-bond acceptors (Lipinski definition) is 3. The molecule has 0 aliphatic carbocycles. The van der Waals surface area contributed by atoms with Crippen LogP contribution in [-0.4, -0.2) is 12.5 Å². The molecule has 0 saturated heterocycles. The van der Waals surface area contributed by atoms with E-state index in [0.29, 0.717) is 12.3 Å². The maximum absolute atomic E-state index is 10.5. The van der Waals surface area contributed by atoms with E-state index in [-0.39, 0.29) is 6.61 Å². The van der Waals surface area contributed by atoms with Gasteiger partial charge in [0.25, 0.3) is 5.91 Å². The molecule has 1 aromatic carbocycles. The zero-order valence-corrected chi connectivity index (χ0v) is 9.08. The van der Waals surface area contributed by atoms with E-state index in [1.54, 1.807) is 6.07 Å². The first-order valence-electron chi connectivity index (χ1n) is 4.03. The van der Waals surface area contributed by atoms with Crippen molar-refractivity contribution in [2.75, 3.05) is 6.61 Å². The average Bonchev–Trinajstić information content (AvgIpc) is 2.15. The normalized spacial score (nSPS) is 9.86. The molecule has 0 fully saturated rings. The summed E-state index contributed by atoms with van der Waals surface area (Å²) in [6.07, 6.45) is 0. The van der Waals surface area contributed by atoms with E-state index in [1.165, 1.54) is 0 Å². The number of primary amides is 1. The summed E-state index contributed by atoms with van der Waals surface area (Å²) in [4.78, 5) is 10.5. The monoisotopic (exact) mass is 258 g/mol. The van der Waals surface area contributed by atoms with E-state index in [1.807, 2.05) is 12.1 Å². The van der Waals surface area contributed by atoms with Gasteiger partial charge in [-0.2, -0.15) is 0 Å². The number of carbonyl (C=O) groups excluding carboxylic acids is 1. The summed E-state index contributed by atoms with van der Waals surface area (Å²) >= 11 is 3.31. The van der Waals surface area contributed by atoms with Gasteiger partial charge >= 0.3 is 0 Å². The molecule has 0 spiro atoms. The van der Waals surface area contributed by atoms with E-state index in [0.717, 1.165) is 10.0 Å². The first-order chi connectivity index (χ1) is 6.63. The first-order valence-corrected chi connectivity index (χ1v) is 4.82. The van der Waals surface area contributed by atoms with Crippen molar-refractivity contribution in [3.8, 4) is 5.75 Å². The van der Waals surface area contributed by atoms with Gasteiger partial charge in [0.1, 0.15) is 5.75 Å². The van der Waals surface area contributed by atoms with Crippen LogP contribution in [0.25, 0.3) is 0 Å². The highest BCUT2D eigenvalue weighted by Gasteiger charge is 2.04. The van der Waals surface area contributed by atoms with Gasteiger partial charge in [0.05, 0.1) is 0 Å². The fourth-order valence-corrected chi connectivity index (χ4v) is 1.41. The highest BCUT2D eigenvalue weighted by molar-refractivity contribution is 9.10. The Balaban J connectivity index is 2.80. The third-order valence-corrected chi connectivity index (χ3v) is 2.11. The largest absolute Gasteiger partial charge is 0.483 e. The topological polar surface area (TPSA) is 78.3 Å². The molecule has 0 aliphatic heterocycles. The van der Waals surface area contributed by atoms with Crippen LogP contribution in [0.1, 0.15) is 5.56 Å². The van der Waals surface area contributed by atoms with Gasteiger partial charge in [-0.3, -0.25) is 4.79 Å². The summed E-state index contributed by atoms with van der Waals surface area (Å²) in [5, 5.41) is 0. The summed E-state index contributed by atoms with van der Waals surface area (Å²) in [7, 11) is 0. The van der Waals surface area contributed by atoms with Crippen molar-refractivity contribution in [1.82, 2.24) is 0 Å². The van der Waals surface area contributed by atoms with Gasteiger partial charge in [0, 0.05) is 16.6 Å². The number of hydrogen-bond donors (Lipinski definition) is 2. The number of benzene rings is 1. The second-order valence-electron chi connectivity index (χ2n) is 2.71. The maximum Gasteiger partial charge on any atom is 0.255 e. The van der Waals surface area contributed by atoms with E-state index in [9.17, 15) is 4.79 Å². The van der Waals surface area contributed by atoms with E-state index in [4.69, 9.17) is 16.2 Å². The molecule has 14 heavy (non-hydrogen) atoms. The van der Waals surface area contributed by atoms with Crippen molar-refractivity contribution in [2.24, 2.45) is 11.5 Å². The first kappa shape index (κ1) is 11.0. The van der Waals surface area contributed by atoms with Gasteiger partial charge in [-0.1, -0.05) is 15.9 Å². The van der Waals surface area contributed by atoms with E-state index >= 15 is 0 Å². The Morgan fingerprint density at radius 3 is 2.79 bits per heavy atom. The minimum absolute atomic E-state index is 0.130. The Labute approximate surface area is 90.3 Å². The minimum atomic E-state index is -0.504. The zero-order valence-electron chi connectivity index (χ0n) is 7.50. The molecule has 4 N–H and O–H groups in total. The Bertz CT molecular complexity index is 342. The van der Waals surface area contributed by atoms with Crippen LogP contribution in [0.15, 0.2) is 22.7 Å². The van der Waals surface area contributed by atoms with Gasteiger partial charge < -0.3 is 16.2 Å². The highest BCUT2D eigenvalue weighted by atomic mass is 79.9. The molecular weight excluding hydrogens is 248 g/mol. The molecule has 1 amide bonds. The number of rotatable bonds is 4. The Hall–Kier alpha value is -1.07. The van der Waals surface area contributed by atoms with Crippen molar-refractivity contribution >= 4 is 21.8 Å². The molecule has 76 valence electrons. The summed E-state index contributed by atoms with van der Waals surface area (Å²) in [6.45, 7) is 0.224. The number of halogens is 1. The quantitative estimate of drug-likeness (QED) is 0.838. The second kappa shape index (κ2) is 4.97. The zero-order chi connectivity index (χ0) is 10.6. The molecule has 0 radical (unpaired) electrons. The van der Waals surface area contributed by atoms with Gasteiger partial charge in [-0.15, -0.1) is 0 Å². The third kappa shape index (κ3) is 3.01. The lowest BCUT2D eigenvalue weighted by atomic mass is 10.2. The third-order valence-electron chi connectivity index (χ3n) is 1.61. The Morgan fingerprint density at radius 1 is 1.50 bits per heavy atom. The van der Waals surface area contributed by atoms with Crippen LogP contribution in [0, 0.1) is 0 Å². The summed E-state index contributed by atoms with van der Waals surface area (Å²) < 4.78 is 6.09. The van der Waals surface area contributed by atoms with Crippen molar-refractivity contribution < 1.29 is 9.53 Å². The predicted octanol–water partition coefficient (Wildman–Crippen LogP) is 0.772. The molecule has 5 heteroatoms. The molecular formula is C9H11BrN2O2. The van der Waals surface area contributed by atoms with Gasteiger partial charge in [-0.25, -0.2) is 0 Å². The smallest absolute Gasteiger partial charge is 0.255 e. The lowest BCUT2D eigenvalue weighted by Gasteiger charge is -2.08. The number of nitrogens with two attached hydrogens (primary N) is 2. The van der Waals surface area contributed by atoms with E-state index in [2.05, 4.69) is 15.9 Å². The molecule has 1 aromatic rings. The van der Waals surface area contributed by atoms with E-state index < -0.39 is 5.91 Å². The Morgan fingerprint density at radius 2 is 2.21 bits per heavy atom. The predicted molar refractivity (Wildman–Crippen MR) is 56.7 cm³/mol. The summed E-state index contributed by atoms with van der Waals surface area (Å²) in [5.41, 5.74) is 11.3. The fourth-order valence-electron chi connectivity index (χ4n) is 0.997. The minimum Gasteiger partial charge on any atom is -0.483 e. The van der Waals surface area contributed by atoms with Crippen molar-refractivity contribution in [1.29, 1.82) is 0 Å². The molecule has 0 bridgehead atoms. The van der Waals surface area contributed by atoms with Crippen molar-refractivity contribution in [2.45, 2.75) is 6.54 Å². The maximum atomic E-state index is 10.5. The number of ether oxygens (including phenoxy) is 1. The number of amides is 1. The SMILES string of the molecule is NCc1cc(Br)ccc1OCC(N)=O. The molecule has 1 rings (SSSR count). The second-order valence-corrected chi connectivity index (χ2v) is 3.63. The molecule has 4 nitrogen and oxygen atoms in total. The average molecular weight is 259 g/mol. The van der Waals surface area contributed by atoms with Crippen LogP contribution >= 0.6 is 15.9 Å². The molecule has 0 atom stereocenters. The molecule has 0 aliphatic rings. The lowest BCUT2D eigenvalue weighted by molar-refractivity contribution is -0.119. The highest BCUT2D eigenvalue weighted by Crippen LogP contribution is 2.22. The van der Waals surface area contributed by atoms with Gasteiger partial charge in [0.2, 0.25) is 0 Å². The number of carbonyl (C=O) groups is 1. The van der Waals surface area contributed by atoms with Crippen LogP contribution in [0.3, 0.4) is 0 Å². The van der Waals surface area contributed by atoms with Gasteiger partial charge in [-0.05, 0) is 18.2 Å². The molecule has 0 unspecified atom stereocenters. The van der Waals surface area contributed by atoms with Crippen molar-refractivity contribution in [3.63, 3.8) is 0 Å². The van der Waals surface area contributed by atoms with Crippen LogP contribution < -0.4 is 16.2 Å². The molecule has 0 saturated carbocycles. The van der Waals surface area contributed by atoms with Crippen LogP contribution in [0.4, 0.5) is 0 Å². The Kier molecular flexibility index (Phi) is 3.91. The van der Waals surface area contributed by atoms with Crippen LogP contribution in [0.2, 0.25) is 0 Å². The lowest BCUT2D eigenvalue weighted by Crippen LogP contribution is -2.20. The van der Waals surface area contributed by atoms with Crippen molar-refractivity contribution in [3.05, 3.63) is 28.2 Å². The fraction of sp³-hybridized carbons (Fsp3) is 0.222. The summed E-state index contributed by atoms with van der Waals surface area (Å²) in [5.74, 6) is 0.0883. The molecule has 0 aromatic heterocycles. The van der Waals surface area contributed by atoms with Crippen LogP contribution in [0.5, 0.6) is 5.75 Å². The van der Waals surface area contributed by atoms with Gasteiger partial charge in [0.15, 0.2) is 6.61 Å². The standard InChI is InChI=1S/C9H11BrN2O2/c10-7-1-2-8(6(3-7)4-11)14-5-9(12)13/h1-3H,4-5,11H2,(H2,12,13). The molecule has 0 heterocycles. The van der Waals surface area contributed by atoms with Crippen LogP contribution in [-0.2, 0) is 11.3 Å².